The molecule has 1 rings (SSSR count). The lowest BCUT2D eigenvalue weighted by Crippen LogP contribution is -2.36. The normalized spacial score (nSPS) is 11.5. The van der Waals surface area contributed by atoms with Crippen LogP contribution in [0.1, 0.15) is 5.56 Å². The van der Waals surface area contributed by atoms with Crippen molar-refractivity contribution in [3.8, 4) is 0 Å². The van der Waals surface area contributed by atoms with Crippen molar-refractivity contribution in [2.45, 2.75) is 0 Å². The molecule has 3 N–H and O–H groups in total. The lowest BCUT2D eigenvalue weighted by Gasteiger charge is -1.99. The van der Waals surface area contributed by atoms with Crippen molar-refractivity contribution in [3.63, 3.8) is 0 Å². The van der Waals surface area contributed by atoms with E-state index in [-0.39, 0.29) is 5.96 Å². The molecule has 1 aromatic carbocycles. The van der Waals surface area contributed by atoms with Gasteiger partial charge >= 0.3 is 6.09 Å². The maximum absolute atomic E-state index is 10.8. The third-order valence-electron chi connectivity index (χ3n) is 1.68. The van der Waals surface area contributed by atoms with E-state index in [0.29, 0.717) is 0 Å². The highest BCUT2D eigenvalue weighted by Crippen LogP contribution is 2.08. The molecule has 0 aliphatic heterocycles. The van der Waals surface area contributed by atoms with Gasteiger partial charge in [0.2, 0.25) is 5.96 Å². The number of carbonyl (C=O) groups excluding carboxylic acids is 1. The van der Waals surface area contributed by atoms with E-state index in [2.05, 4.69) is 42.8 Å². The number of carbonyl (C=O) groups is 1. The molecule has 0 aliphatic carbocycles. The van der Waals surface area contributed by atoms with Gasteiger partial charge in [-0.15, -0.1) is 5.10 Å². The number of nitrogens with zero attached hydrogens (tertiary/aromatic N) is 2. The molecule has 0 fully saturated rings. The minimum atomic E-state index is -0.684. The van der Waals surface area contributed by atoms with Crippen molar-refractivity contribution in [2.24, 2.45) is 15.9 Å². The summed E-state index contributed by atoms with van der Waals surface area (Å²) >= 11 is 2.18. The molecule has 0 radical (unpaired) electrons. The largest absolute Gasteiger partial charge is 0.453 e. The number of methoxy groups -OCH3 is 1. The van der Waals surface area contributed by atoms with Crippen LogP contribution in [0, 0.1) is 3.57 Å². The summed E-state index contributed by atoms with van der Waals surface area (Å²) in [7, 11) is 1.23. The molecule has 0 unspecified atom stereocenters. The molecule has 0 aromatic heterocycles. The van der Waals surface area contributed by atoms with E-state index in [4.69, 9.17) is 5.73 Å². The van der Waals surface area contributed by atoms with Crippen molar-refractivity contribution < 1.29 is 9.53 Å². The molecule has 0 aliphatic rings. The summed E-state index contributed by atoms with van der Waals surface area (Å²) in [6, 6.07) is 7.66. The Balaban J connectivity index is 2.63. The molecule has 0 atom stereocenters. The van der Waals surface area contributed by atoms with E-state index in [0.717, 1.165) is 9.13 Å². The molecular formula is C10H11IN4O2. The smallest absolute Gasteiger partial charge is 0.413 e. The number of nitrogens with two attached hydrogens (primary N) is 1. The van der Waals surface area contributed by atoms with E-state index in [1.54, 1.807) is 6.21 Å². The Bertz CT molecular complexity index is 459. The Morgan fingerprint density at radius 2 is 2.24 bits per heavy atom. The van der Waals surface area contributed by atoms with Crippen molar-refractivity contribution in [3.05, 3.63) is 33.4 Å². The summed E-state index contributed by atoms with van der Waals surface area (Å²) in [5.41, 5.74) is 6.29. The summed E-state index contributed by atoms with van der Waals surface area (Å²) in [6.45, 7) is 0. The second-order valence-corrected chi connectivity index (χ2v) is 4.03. The monoisotopic (exact) mass is 346 g/mol. The second kappa shape index (κ2) is 6.84. The van der Waals surface area contributed by atoms with Crippen molar-refractivity contribution in [1.29, 1.82) is 0 Å². The zero-order valence-electron chi connectivity index (χ0n) is 9.05. The predicted molar refractivity (Wildman–Crippen MR) is 73.9 cm³/mol. The van der Waals surface area contributed by atoms with Crippen LogP contribution in [0.25, 0.3) is 0 Å². The van der Waals surface area contributed by atoms with Crippen LogP contribution in [-0.2, 0) is 4.74 Å². The van der Waals surface area contributed by atoms with Crippen LogP contribution in [0.15, 0.2) is 34.5 Å². The molecule has 0 saturated heterocycles. The fourth-order valence-corrected chi connectivity index (χ4v) is 1.44. The fraction of sp³-hybridized carbons (Fsp3) is 0.100. The lowest BCUT2D eigenvalue weighted by molar-refractivity contribution is 0.176. The first-order valence-corrected chi connectivity index (χ1v) is 5.67. The molecule has 17 heavy (non-hydrogen) atoms. The number of rotatable bonds is 2. The van der Waals surface area contributed by atoms with E-state index in [1.165, 1.54) is 7.11 Å². The van der Waals surface area contributed by atoms with Crippen LogP contribution in [-0.4, -0.2) is 25.4 Å². The zero-order chi connectivity index (χ0) is 12.7. The number of ether oxygens (including phenoxy) is 1. The minimum Gasteiger partial charge on any atom is -0.453 e. The standard InChI is InChI=1S/C10H11IN4O2/c1-17-10(16)14-9(12)15-13-6-7-4-2-3-5-8(7)11/h2-6H,1H3,(H3,12,14,15,16)/b13-6+. The third-order valence-corrected chi connectivity index (χ3v) is 2.67. The number of hydrogen-bond donors (Lipinski definition) is 2. The van der Waals surface area contributed by atoms with E-state index >= 15 is 0 Å². The van der Waals surface area contributed by atoms with Crippen LogP contribution < -0.4 is 11.1 Å². The summed E-state index contributed by atoms with van der Waals surface area (Å²) in [6.07, 6.45) is 0.865. The molecule has 6 nitrogen and oxygen atoms in total. The Morgan fingerprint density at radius 3 is 2.88 bits per heavy atom. The molecule has 1 aromatic rings. The molecule has 90 valence electrons. The van der Waals surface area contributed by atoms with Crippen molar-refractivity contribution >= 4 is 40.9 Å². The number of nitrogens with one attached hydrogen (secondary N) is 1. The van der Waals surface area contributed by atoms with Gasteiger partial charge in [-0.2, -0.15) is 5.10 Å². The van der Waals surface area contributed by atoms with Crippen LogP contribution in [0.2, 0.25) is 0 Å². The Hall–Kier alpha value is -1.64. The first-order valence-electron chi connectivity index (χ1n) is 4.59. The number of alkyl carbamates (subject to hydrolysis) is 1. The first kappa shape index (κ1) is 13.4. The van der Waals surface area contributed by atoms with E-state index in [1.807, 2.05) is 24.3 Å². The average molecular weight is 346 g/mol. The van der Waals surface area contributed by atoms with Crippen molar-refractivity contribution in [1.82, 2.24) is 5.32 Å². The second-order valence-electron chi connectivity index (χ2n) is 2.87. The molecule has 7 heteroatoms. The van der Waals surface area contributed by atoms with Gasteiger partial charge in [0.1, 0.15) is 0 Å². The van der Waals surface area contributed by atoms with Gasteiger partial charge in [-0.25, -0.2) is 4.79 Å². The molecular weight excluding hydrogens is 335 g/mol. The van der Waals surface area contributed by atoms with Gasteiger partial charge in [0.15, 0.2) is 0 Å². The van der Waals surface area contributed by atoms with Crippen LogP contribution in [0.3, 0.4) is 0 Å². The molecule has 1 amide bonds. The van der Waals surface area contributed by atoms with Gasteiger partial charge in [-0.3, -0.25) is 5.32 Å². The Kier molecular flexibility index (Phi) is 5.40. The number of halogens is 1. The fourth-order valence-electron chi connectivity index (χ4n) is 0.914. The number of hydrogen-bond acceptors (Lipinski definition) is 4. The highest BCUT2D eigenvalue weighted by Gasteiger charge is 1.99. The van der Waals surface area contributed by atoms with Gasteiger partial charge in [-0.05, 0) is 28.7 Å². The summed E-state index contributed by atoms with van der Waals surface area (Å²) < 4.78 is 5.39. The highest BCUT2D eigenvalue weighted by molar-refractivity contribution is 14.1. The van der Waals surface area contributed by atoms with Crippen molar-refractivity contribution in [2.75, 3.05) is 7.11 Å². The van der Waals surface area contributed by atoms with E-state index < -0.39 is 6.09 Å². The number of amides is 1. The summed E-state index contributed by atoms with van der Waals surface area (Å²) in [4.78, 5) is 10.8. The van der Waals surface area contributed by atoms with Gasteiger partial charge in [0, 0.05) is 9.13 Å². The Morgan fingerprint density at radius 1 is 1.53 bits per heavy atom. The maximum Gasteiger partial charge on any atom is 0.413 e. The lowest BCUT2D eigenvalue weighted by atomic mass is 10.2. The van der Waals surface area contributed by atoms with Crippen LogP contribution >= 0.6 is 22.6 Å². The average Bonchev–Trinajstić information content (AvgIpc) is 2.31. The first-order chi connectivity index (χ1) is 8.13. The SMILES string of the molecule is COC(=O)N/C(N)=N/N=C/c1ccccc1I. The third kappa shape index (κ3) is 4.81. The zero-order valence-corrected chi connectivity index (χ0v) is 11.2. The molecule has 0 heterocycles. The van der Waals surface area contributed by atoms with Gasteiger partial charge in [0.25, 0.3) is 0 Å². The number of guanidine groups is 1. The topological polar surface area (TPSA) is 89.1 Å². The van der Waals surface area contributed by atoms with Gasteiger partial charge < -0.3 is 10.5 Å². The minimum absolute atomic E-state index is 0.126. The Labute approximate surface area is 112 Å². The summed E-state index contributed by atoms with van der Waals surface area (Å²) in [5, 5.41) is 9.53. The van der Waals surface area contributed by atoms with Crippen LogP contribution in [0.4, 0.5) is 4.79 Å². The predicted octanol–water partition coefficient (Wildman–Crippen LogP) is 1.30. The summed E-state index contributed by atoms with van der Waals surface area (Å²) in [5.74, 6) is -0.126. The van der Waals surface area contributed by atoms with E-state index in [9.17, 15) is 4.79 Å². The van der Waals surface area contributed by atoms with Gasteiger partial charge in [0.05, 0.1) is 13.3 Å². The maximum atomic E-state index is 10.8. The molecule has 0 spiro atoms. The number of benzene rings is 1. The molecule has 0 saturated carbocycles. The van der Waals surface area contributed by atoms with Crippen LogP contribution in [0.5, 0.6) is 0 Å². The quantitative estimate of drug-likeness (QED) is 0.366. The van der Waals surface area contributed by atoms with Gasteiger partial charge in [-0.1, -0.05) is 18.2 Å². The highest BCUT2D eigenvalue weighted by atomic mass is 127. The molecule has 0 bridgehead atoms.